The molecule has 0 saturated carbocycles. The summed E-state index contributed by atoms with van der Waals surface area (Å²) in [5, 5.41) is 27.9. The molecule has 1 aliphatic heterocycles. The minimum atomic E-state index is -0.838. The molecule has 1 aromatic carbocycles. The van der Waals surface area contributed by atoms with Gasteiger partial charge in [-0.2, -0.15) is 0 Å². The van der Waals surface area contributed by atoms with E-state index in [1.807, 2.05) is 0 Å². The van der Waals surface area contributed by atoms with Crippen molar-refractivity contribution in [2.75, 3.05) is 17.2 Å². The highest BCUT2D eigenvalue weighted by molar-refractivity contribution is 6.04. The molecule has 1 heterocycles. The molecular formula is C12H14N4O5. The van der Waals surface area contributed by atoms with E-state index in [9.17, 15) is 19.7 Å². The summed E-state index contributed by atoms with van der Waals surface area (Å²) in [5.74, 6) is -0.759. The number of hydrogen-bond acceptors (Lipinski definition) is 6. The summed E-state index contributed by atoms with van der Waals surface area (Å²) >= 11 is 0. The van der Waals surface area contributed by atoms with Gasteiger partial charge >= 0.3 is 0 Å². The van der Waals surface area contributed by atoms with Gasteiger partial charge < -0.3 is 21.1 Å². The van der Waals surface area contributed by atoms with Crippen molar-refractivity contribution in [3.05, 3.63) is 27.8 Å². The normalized spacial score (nSPS) is 16.5. The summed E-state index contributed by atoms with van der Waals surface area (Å²) in [6.45, 7) is 0.984. The Labute approximate surface area is 119 Å². The van der Waals surface area contributed by atoms with Gasteiger partial charge in [0.15, 0.2) is 0 Å². The second kappa shape index (κ2) is 5.75. The van der Waals surface area contributed by atoms with Crippen molar-refractivity contribution in [3.63, 3.8) is 0 Å². The van der Waals surface area contributed by atoms with Gasteiger partial charge in [-0.05, 0) is 0 Å². The number of non-ortho nitro benzene ring substituents is 1. The van der Waals surface area contributed by atoms with Gasteiger partial charge in [0.25, 0.3) is 5.69 Å². The molecule has 0 bridgehead atoms. The third-order valence-corrected chi connectivity index (χ3v) is 3.02. The lowest BCUT2D eigenvalue weighted by Gasteiger charge is -2.27. The van der Waals surface area contributed by atoms with Gasteiger partial charge in [-0.15, -0.1) is 0 Å². The van der Waals surface area contributed by atoms with E-state index in [0.29, 0.717) is 11.3 Å². The van der Waals surface area contributed by atoms with Crippen LogP contribution < -0.4 is 16.0 Å². The second-order valence-corrected chi connectivity index (χ2v) is 4.56. The SMILES string of the molecule is CC(=O)NCc1cc([N+](=O)[O-])cc2c1NC(CO)C(=O)N2. The molecule has 2 amide bonds. The third-order valence-electron chi connectivity index (χ3n) is 3.02. The van der Waals surface area contributed by atoms with Crippen LogP contribution in [-0.2, 0) is 16.1 Å². The Morgan fingerprint density at radius 3 is 2.81 bits per heavy atom. The van der Waals surface area contributed by atoms with Crippen LogP contribution in [0.1, 0.15) is 12.5 Å². The number of aliphatic hydroxyl groups is 1. The van der Waals surface area contributed by atoms with Crippen LogP contribution in [0.25, 0.3) is 0 Å². The van der Waals surface area contributed by atoms with Gasteiger partial charge in [0.05, 0.1) is 22.9 Å². The van der Waals surface area contributed by atoms with E-state index in [1.165, 1.54) is 19.1 Å². The van der Waals surface area contributed by atoms with Crippen LogP contribution in [0.3, 0.4) is 0 Å². The molecule has 1 aliphatic rings. The quantitative estimate of drug-likeness (QED) is 0.454. The maximum atomic E-state index is 11.7. The van der Waals surface area contributed by atoms with Crippen molar-refractivity contribution < 1.29 is 19.6 Å². The maximum Gasteiger partial charge on any atom is 0.272 e. The molecule has 0 radical (unpaired) electrons. The highest BCUT2D eigenvalue weighted by Crippen LogP contribution is 2.34. The zero-order valence-electron chi connectivity index (χ0n) is 11.2. The smallest absolute Gasteiger partial charge is 0.272 e. The van der Waals surface area contributed by atoms with Crippen LogP contribution in [0.5, 0.6) is 0 Å². The van der Waals surface area contributed by atoms with Gasteiger partial charge in [0, 0.05) is 31.2 Å². The van der Waals surface area contributed by atoms with Gasteiger partial charge in [0.1, 0.15) is 6.04 Å². The number of nitro benzene ring substituents is 1. The topological polar surface area (TPSA) is 134 Å². The largest absolute Gasteiger partial charge is 0.394 e. The average Bonchev–Trinajstić information content (AvgIpc) is 2.43. The van der Waals surface area contributed by atoms with E-state index in [4.69, 9.17) is 5.11 Å². The van der Waals surface area contributed by atoms with Crippen molar-refractivity contribution >= 4 is 28.9 Å². The molecular weight excluding hydrogens is 280 g/mol. The van der Waals surface area contributed by atoms with Crippen LogP contribution in [0.15, 0.2) is 12.1 Å². The number of nitrogens with zero attached hydrogens (tertiary/aromatic N) is 1. The van der Waals surface area contributed by atoms with Crippen LogP contribution in [0, 0.1) is 10.1 Å². The number of nitro groups is 1. The molecule has 4 N–H and O–H groups in total. The van der Waals surface area contributed by atoms with Gasteiger partial charge in [-0.3, -0.25) is 19.7 Å². The van der Waals surface area contributed by atoms with Crippen molar-refractivity contribution in [3.8, 4) is 0 Å². The molecule has 0 aliphatic carbocycles. The fourth-order valence-electron chi connectivity index (χ4n) is 2.01. The van der Waals surface area contributed by atoms with E-state index < -0.39 is 23.5 Å². The Hall–Kier alpha value is -2.68. The minimum absolute atomic E-state index is 0.0698. The molecule has 21 heavy (non-hydrogen) atoms. The number of carbonyl (C=O) groups excluding carboxylic acids is 2. The van der Waals surface area contributed by atoms with Crippen LogP contribution in [0.4, 0.5) is 17.1 Å². The molecule has 9 heteroatoms. The molecule has 0 spiro atoms. The summed E-state index contributed by atoms with van der Waals surface area (Å²) in [4.78, 5) is 33.0. The molecule has 1 atom stereocenters. The molecule has 1 unspecified atom stereocenters. The Morgan fingerprint density at radius 1 is 1.52 bits per heavy atom. The summed E-state index contributed by atoms with van der Waals surface area (Å²) in [6.07, 6.45) is 0. The number of hydrogen-bond donors (Lipinski definition) is 4. The first kappa shape index (κ1) is 14.7. The highest BCUT2D eigenvalue weighted by Gasteiger charge is 2.28. The molecule has 9 nitrogen and oxygen atoms in total. The number of carbonyl (C=O) groups is 2. The number of fused-ring (bicyclic) bond motifs is 1. The van der Waals surface area contributed by atoms with Crippen LogP contribution in [-0.4, -0.2) is 34.5 Å². The van der Waals surface area contributed by atoms with E-state index in [0.717, 1.165) is 0 Å². The summed E-state index contributed by atoms with van der Waals surface area (Å²) < 4.78 is 0. The van der Waals surface area contributed by atoms with Crippen LogP contribution >= 0.6 is 0 Å². The first-order valence-corrected chi connectivity index (χ1v) is 6.16. The standard InChI is InChI=1S/C12H14N4O5/c1-6(18)13-4-7-2-8(16(20)21)3-9-11(7)14-10(5-17)12(19)15-9/h2-3,10,14,17H,4-5H2,1H3,(H,13,18)(H,15,19). The Balaban J connectivity index is 2.44. The Morgan fingerprint density at radius 2 is 2.24 bits per heavy atom. The van der Waals surface area contributed by atoms with Gasteiger partial charge in [-0.1, -0.05) is 0 Å². The summed E-state index contributed by atoms with van der Waals surface area (Å²) in [5.41, 5.74) is 0.957. The van der Waals surface area contributed by atoms with Gasteiger partial charge in [-0.25, -0.2) is 0 Å². The first-order valence-electron chi connectivity index (χ1n) is 6.16. The molecule has 1 aromatic rings. The lowest BCUT2D eigenvalue weighted by atomic mass is 10.1. The Bertz CT molecular complexity index is 616. The second-order valence-electron chi connectivity index (χ2n) is 4.56. The monoisotopic (exact) mass is 294 g/mol. The molecule has 0 aromatic heterocycles. The molecule has 0 fully saturated rings. The zero-order valence-corrected chi connectivity index (χ0v) is 11.2. The summed E-state index contributed by atoms with van der Waals surface area (Å²) in [7, 11) is 0. The van der Waals surface area contributed by atoms with Crippen molar-refractivity contribution in [2.45, 2.75) is 19.5 Å². The lowest BCUT2D eigenvalue weighted by Crippen LogP contribution is -2.42. The number of benzene rings is 1. The minimum Gasteiger partial charge on any atom is -0.394 e. The van der Waals surface area contributed by atoms with E-state index >= 15 is 0 Å². The van der Waals surface area contributed by atoms with Crippen molar-refractivity contribution in [1.82, 2.24) is 5.32 Å². The fourth-order valence-corrected chi connectivity index (χ4v) is 2.01. The number of aliphatic hydroxyl groups excluding tert-OH is 1. The lowest BCUT2D eigenvalue weighted by molar-refractivity contribution is -0.384. The van der Waals surface area contributed by atoms with Gasteiger partial charge in [0.2, 0.25) is 11.8 Å². The Kier molecular flexibility index (Phi) is 4.03. The third kappa shape index (κ3) is 3.08. The molecule has 2 rings (SSSR count). The number of amides is 2. The number of rotatable bonds is 4. The van der Waals surface area contributed by atoms with Crippen molar-refractivity contribution in [1.29, 1.82) is 0 Å². The fraction of sp³-hybridized carbons (Fsp3) is 0.333. The number of anilines is 2. The maximum absolute atomic E-state index is 11.7. The van der Waals surface area contributed by atoms with E-state index in [2.05, 4.69) is 16.0 Å². The molecule has 112 valence electrons. The summed E-state index contributed by atoms with van der Waals surface area (Å²) in [6, 6.07) is 1.70. The number of nitrogens with one attached hydrogen (secondary N) is 3. The van der Waals surface area contributed by atoms with E-state index in [1.54, 1.807) is 0 Å². The zero-order chi connectivity index (χ0) is 15.6. The average molecular weight is 294 g/mol. The predicted octanol–water partition coefficient (Wildman–Crippen LogP) is -0.0442. The predicted molar refractivity (Wildman–Crippen MR) is 73.7 cm³/mol. The highest BCUT2D eigenvalue weighted by atomic mass is 16.6. The van der Waals surface area contributed by atoms with Crippen molar-refractivity contribution in [2.24, 2.45) is 0 Å². The first-order chi connectivity index (χ1) is 9.92. The van der Waals surface area contributed by atoms with Crippen LogP contribution in [0.2, 0.25) is 0 Å². The van der Waals surface area contributed by atoms with E-state index in [-0.39, 0.29) is 23.8 Å². The molecule has 0 saturated heterocycles.